The van der Waals surface area contributed by atoms with E-state index < -0.39 is 0 Å². The third-order valence-corrected chi connectivity index (χ3v) is 3.90. The minimum Gasteiger partial charge on any atom is -0.273 e. The number of amides is 1. The average molecular weight is 385 g/mol. The molecule has 0 atom stereocenters. The van der Waals surface area contributed by atoms with E-state index in [0.717, 1.165) is 10.0 Å². The second kappa shape index (κ2) is 7.18. The second-order valence-electron chi connectivity index (χ2n) is 5.07. The summed E-state index contributed by atoms with van der Waals surface area (Å²) in [5.41, 5.74) is 3.55. The van der Waals surface area contributed by atoms with Crippen LogP contribution in [-0.2, 0) is 11.2 Å². The number of benzene rings is 2. The van der Waals surface area contributed by atoms with Crippen molar-refractivity contribution < 1.29 is 4.79 Å². The van der Waals surface area contributed by atoms with Crippen LogP contribution in [-0.4, -0.2) is 22.3 Å². The summed E-state index contributed by atoms with van der Waals surface area (Å²) in [6.07, 6.45) is 1.58. The van der Waals surface area contributed by atoms with Gasteiger partial charge in [-0.25, -0.2) is 10.5 Å². The second-order valence-corrected chi connectivity index (χ2v) is 5.98. The molecule has 3 aromatic rings. The van der Waals surface area contributed by atoms with Gasteiger partial charge in [-0.1, -0.05) is 46.3 Å². The van der Waals surface area contributed by atoms with Gasteiger partial charge in [0.15, 0.2) is 0 Å². The molecule has 120 valence electrons. The fourth-order valence-corrected chi connectivity index (χ4v) is 2.49. The van der Waals surface area contributed by atoms with Crippen molar-refractivity contribution in [3.8, 4) is 0 Å². The van der Waals surface area contributed by atoms with E-state index in [0.29, 0.717) is 16.5 Å². The lowest BCUT2D eigenvalue weighted by Gasteiger charge is -2.03. The molecular formula is C17H13BrN4O2. The smallest absolute Gasteiger partial charge is 0.272 e. The number of H-pyrrole nitrogens is 1. The van der Waals surface area contributed by atoms with Crippen LogP contribution >= 0.6 is 15.9 Å². The summed E-state index contributed by atoms with van der Waals surface area (Å²) in [7, 11) is 0. The molecule has 0 aliphatic carbocycles. The highest BCUT2D eigenvalue weighted by atomic mass is 79.9. The molecule has 0 bridgehead atoms. The van der Waals surface area contributed by atoms with Crippen LogP contribution in [0.2, 0.25) is 0 Å². The number of hydrogen-bond donors (Lipinski definition) is 2. The zero-order valence-corrected chi connectivity index (χ0v) is 14.1. The van der Waals surface area contributed by atoms with Crippen molar-refractivity contribution in [3.05, 3.63) is 74.6 Å². The molecular weight excluding hydrogens is 372 g/mol. The Kier molecular flexibility index (Phi) is 4.81. The molecule has 0 spiro atoms. The number of aromatic amines is 1. The van der Waals surface area contributed by atoms with Gasteiger partial charge < -0.3 is 0 Å². The lowest BCUT2D eigenvalue weighted by atomic mass is 10.1. The Balaban J connectivity index is 1.70. The van der Waals surface area contributed by atoms with Gasteiger partial charge in [0.2, 0.25) is 5.91 Å². The highest BCUT2D eigenvalue weighted by Gasteiger charge is 2.09. The van der Waals surface area contributed by atoms with Crippen LogP contribution in [0.25, 0.3) is 10.8 Å². The molecule has 6 nitrogen and oxygen atoms in total. The third-order valence-electron chi connectivity index (χ3n) is 3.38. The van der Waals surface area contributed by atoms with Gasteiger partial charge in [-0.3, -0.25) is 9.59 Å². The molecule has 0 radical (unpaired) electrons. The lowest BCUT2D eigenvalue weighted by molar-refractivity contribution is -0.120. The van der Waals surface area contributed by atoms with Crippen LogP contribution in [0.15, 0.2) is 62.9 Å². The van der Waals surface area contributed by atoms with E-state index >= 15 is 0 Å². The van der Waals surface area contributed by atoms with Gasteiger partial charge in [0.25, 0.3) is 5.56 Å². The maximum Gasteiger partial charge on any atom is 0.272 e. The first-order chi connectivity index (χ1) is 11.6. The van der Waals surface area contributed by atoms with E-state index in [4.69, 9.17) is 0 Å². The Bertz CT molecular complexity index is 964. The van der Waals surface area contributed by atoms with Crippen molar-refractivity contribution in [2.75, 3.05) is 0 Å². The SMILES string of the molecule is O=C(Cc1n[nH]c(=O)c2ccccc12)NN=Cc1ccc(Br)cc1. The molecule has 24 heavy (non-hydrogen) atoms. The average Bonchev–Trinajstić information content (AvgIpc) is 2.59. The first-order valence-corrected chi connectivity index (χ1v) is 7.96. The number of nitrogens with zero attached hydrogens (tertiary/aromatic N) is 2. The van der Waals surface area contributed by atoms with Crippen molar-refractivity contribution in [2.45, 2.75) is 6.42 Å². The Morgan fingerprint density at radius 3 is 2.62 bits per heavy atom. The lowest BCUT2D eigenvalue weighted by Crippen LogP contribution is -2.22. The van der Waals surface area contributed by atoms with Gasteiger partial charge >= 0.3 is 0 Å². The summed E-state index contributed by atoms with van der Waals surface area (Å²) in [5.74, 6) is -0.312. The minimum atomic E-state index is -0.312. The van der Waals surface area contributed by atoms with Gasteiger partial charge in [0.1, 0.15) is 0 Å². The van der Waals surface area contributed by atoms with Gasteiger partial charge in [-0.15, -0.1) is 0 Å². The molecule has 7 heteroatoms. The van der Waals surface area contributed by atoms with Crippen molar-refractivity contribution in [1.29, 1.82) is 0 Å². The predicted molar refractivity (Wildman–Crippen MR) is 95.9 cm³/mol. The number of hydrogen-bond acceptors (Lipinski definition) is 4. The van der Waals surface area contributed by atoms with Crippen LogP contribution in [0.3, 0.4) is 0 Å². The molecule has 1 heterocycles. The summed E-state index contributed by atoms with van der Waals surface area (Å²) in [5, 5.41) is 11.5. The van der Waals surface area contributed by atoms with E-state index in [9.17, 15) is 9.59 Å². The minimum absolute atomic E-state index is 0.0228. The molecule has 0 fully saturated rings. The van der Waals surface area contributed by atoms with Crippen molar-refractivity contribution in [2.24, 2.45) is 5.10 Å². The summed E-state index contributed by atoms with van der Waals surface area (Å²) in [4.78, 5) is 23.7. The maximum absolute atomic E-state index is 12.0. The molecule has 0 saturated heterocycles. The first kappa shape index (κ1) is 16.1. The number of carbonyl (C=O) groups excluding carboxylic acids is 1. The van der Waals surface area contributed by atoms with Gasteiger partial charge in [0.05, 0.1) is 23.7 Å². The standard InChI is InChI=1S/C17H13BrN4O2/c18-12-7-5-11(6-8-12)10-19-21-16(23)9-15-13-3-1-2-4-14(13)17(24)22-20-15/h1-8,10H,9H2,(H,21,23)(H,22,24). The van der Waals surface area contributed by atoms with Gasteiger partial charge in [-0.2, -0.15) is 10.2 Å². The highest BCUT2D eigenvalue weighted by Crippen LogP contribution is 2.12. The third kappa shape index (κ3) is 3.75. The van der Waals surface area contributed by atoms with Crippen LogP contribution in [0.1, 0.15) is 11.3 Å². The van der Waals surface area contributed by atoms with Crippen LogP contribution in [0.4, 0.5) is 0 Å². The molecule has 3 rings (SSSR count). The topological polar surface area (TPSA) is 87.2 Å². The normalized spacial score (nSPS) is 11.0. The zero-order chi connectivity index (χ0) is 16.9. The molecule has 0 unspecified atom stereocenters. The van der Waals surface area contributed by atoms with Crippen molar-refractivity contribution >= 4 is 38.8 Å². The first-order valence-electron chi connectivity index (χ1n) is 7.17. The fraction of sp³-hybridized carbons (Fsp3) is 0.0588. The van der Waals surface area contributed by atoms with E-state index in [2.05, 4.69) is 36.7 Å². The summed E-state index contributed by atoms with van der Waals surface area (Å²) in [6.45, 7) is 0. The molecule has 2 N–H and O–H groups in total. The highest BCUT2D eigenvalue weighted by molar-refractivity contribution is 9.10. The number of aromatic nitrogens is 2. The molecule has 0 saturated carbocycles. The van der Waals surface area contributed by atoms with Crippen LogP contribution < -0.4 is 11.0 Å². The summed E-state index contributed by atoms with van der Waals surface area (Å²) < 4.78 is 0.972. The Morgan fingerprint density at radius 1 is 1.17 bits per heavy atom. The number of nitrogens with one attached hydrogen (secondary N) is 2. The van der Waals surface area contributed by atoms with E-state index in [1.165, 1.54) is 0 Å². The fourth-order valence-electron chi connectivity index (χ4n) is 2.23. The number of carbonyl (C=O) groups is 1. The van der Waals surface area contributed by atoms with E-state index in [1.807, 2.05) is 24.3 Å². The van der Waals surface area contributed by atoms with Crippen LogP contribution in [0.5, 0.6) is 0 Å². The quantitative estimate of drug-likeness (QED) is 0.534. The Morgan fingerprint density at radius 2 is 1.88 bits per heavy atom. The van der Waals surface area contributed by atoms with Gasteiger partial charge in [0, 0.05) is 9.86 Å². The van der Waals surface area contributed by atoms with E-state index in [-0.39, 0.29) is 17.9 Å². The summed E-state index contributed by atoms with van der Waals surface area (Å²) >= 11 is 3.35. The number of rotatable bonds is 4. The maximum atomic E-state index is 12.0. The molecule has 2 aromatic carbocycles. The largest absolute Gasteiger partial charge is 0.273 e. The molecule has 1 aromatic heterocycles. The predicted octanol–water partition coefficient (Wildman–Crippen LogP) is 2.38. The monoisotopic (exact) mass is 384 g/mol. The number of halogens is 1. The number of fused-ring (bicyclic) bond motifs is 1. The zero-order valence-electron chi connectivity index (χ0n) is 12.5. The van der Waals surface area contributed by atoms with Gasteiger partial charge in [-0.05, 0) is 23.8 Å². The van der Waals surface area contributed by atoms with Crippen LogP contribution in [0, 0.1) is 0 Å². The Labute approximate surface area is 145 Å². The van der Waals surface area contributed by atoms with E-state index in [1.54, 1.807) is 30.5 Å². The Hall–Kier alpha value is -2.80. The summed E-state index contributed by atoms with van der Waals surface area (Å²) in [6, 6.07) is 14.6. The van der Waals surface area contributed by atoms with Crippen molar-refractivity contribution in [3.63, 3.8) is 0 Å². The molecule has 1 amide bonds. The number of hydrazone groups is 1. The molecule has 0 aliphatic heterocycles. The van der Waals surface area contributed by atoms with Crippen molar-refractivity contribution in [1.82, 2.24) is 15.6 Å². The molecule has 0 aliphatic rings.